The van der Waals surface area contributed by atoms with Crippen LogP contribution in [-0.4, -0.2) is 19.7 Å². The van der Waals surface area contributed by atoms with Crippen LogP contribution in [-0.2, 0) is 4.74 Å². The lowest BCUT2D eigenvalue weighted by molar-refractivity contribution is 0.0268. The predicted molar refractivity (Wildman–Crippen MR) is 73.8 cm³/mol. The molecule has 1 saturated carbocycles. The van der Waals surface area contributed by atoms with Crippen LogP contribution in [0.25, 0.3) is 0 Å². The van der Waals surface area contributed by atoms with E-state index in [1.807, 2.05) is 0 Å². The molecule has 1 heterocycles. The molecule has 18 heavy (non-hydrogen) atoms. The van der Waals surface area contributed by atoms with Gasteiger partial charge in [-0.25, -0.2) is 0 Å². The molecule has 2 aliphatic rings. The number of nitrogens with one attached hydrogen (secondary N) is 1. The zero-order valence-electron chi connectivity index (χ0n) is 11.0. The van der Waals surface area contributed by atoms with Gasteiger partial charge in [-0.05, 0) is 29.9 Å². The largest absolute Gasteiger partial charge is 0.371 e. The Balaban J connectivity index is 1.83. The summed E-state index contributed by atoms with van der Waals surface area (Å²) in [5.41, 5.74) is 2.97. The van der Waals surface area contributed by atoms with Gasteiger partial charge in [-0.3, -0.25) is 0 Å². The highest BCUT2D eigenvalue weighted by Crippen LogP contribution is 2.37. The zero-order chi connectivity index (χ0) is 12.2. The Morgan fingerprint density at radius 3 is 2.50 bits per heavy atom. The second-order valence-electron chi connectivity index (χ2n) is 5.53. The van der Waals surface area contributed by atoms with Gasteiger partial charge >= 0.3 is 0 Å². The van der Waals surface area contributed by atoms with E-state index in [1.165, 1.54) is 37.7 Å². The molecular formula is C16H23NO. The number of benzene rings is 1. The number of hydrogen-bond acceptors (Lipinski definition) is 2. The molecule has 1 N–H and O–H groups in total. The molecule has 2 nitrogen and oxygen atoms in total. The van der Waals surface area contributed by atoms with E-state index in [0.717, 1.165) is 25.6 Å². The summed E-state index contributed by atoms with van der Waals surface area (Å²) < 4.78 is 5.93. The third-order valence-corrected chi connectivity index (χ3v) is 4.32. The first kappa shape index (κ1) is 12.2. The van der Waals surface area contributed by atoms with Gasteiger partial charge in [-0.1, -0.05) is 43.5 Å². The van der Waals surface area contributed by atoms with Gasteiger partial charge in [-0.2, -0.15) is 0 Å². The Morgan fingerprint density at radius 1 is 1.00 bits per heavy atom. The summed E-state index contributed by atoms with van der Waals surface area (Å²) in [6, 6.07) is 8.92. The quantitative estimate of drug-likeness (QED) is 0.862. The van der Waals surface area contributed by atoms with Gasteiger partial charge in [0.1, 0.15) is 0 Å². The molecule has 0 radical (unpaired) electrons. The summed E-state index contributed by atoms with van der Waals surface area (Å²) in [5, 5.41) is 3.44. The Morgan fingerprint density at radius 2 is 1.78 bits per heavy atom. The maximum Gasteiger partial charge on any atom is 0.0952 e. The summed E-state index contributed by atoms with van der Waals surface area (Å²) in [6.45, 7) is 2.79. The van der Waals surface area contributed by atoms with Crippen LogP contribution < -0.4 is 5.32 Å². The molecule has 2 heteroatoms. The molecule has 0 amide bonds. The molecule has 0 bridgehead atoms. The zero-order valence-corrected chi connectivity index (χ0v) is 11.0. The van der Waals surface area contributed by atoms with Crippen molar-refractivity contribution >= 4 is 0 Å². The highest BCUT2D eigenvalue weighted by Gasteiger charge is 2.23. The summed E-state index contributed by atoms with van der Waals surface area (Å²) in [4.78, 5) is 0. The minimum Gasteiger partial charge on any atom is -0.371 e. The third kappa shape index (κ3) is 2.60. The van der Waals surface area contributed by atoms with Crippen LogP contribution in [0.3, 0.4) is 0 Å². The average Bonchev–Trinajstić information content (AvgIpc) is 2.49. The molecular weight excluding hydrogens is 222 g/mol. The van der Waals surface area contributed by atoms with Crippen molar-refractivity contribution < 1.29 is 4.74 Å². The first-order valence-electron chi connectivity index (χ1n) is 7.36. The normalized spacial score (nSPS) is 26.1. The van der Waals surface area contributed by atoms with Crippen LogP contribution in [0.5, 0.6) is 0 Å². The van der Waals surface area contributed by atoms with E-state index in [0.29, 0.717) is 0 Å². The monoisotopic (exact) mass is 245 g/mol. The van der Waals surface area contributed by atoms with E-state index in [2.05, 4.69) is 29.6 Å². The maximum atomic E-state index is 5.93. The Bertz CT molecular complexity index is 341. The minimum atomic E-state index is 0.261. The van der Waals surface area contributed by atoms with Crippen molar-refractivity contribution in [3.05, 3.63) is 35.4 Å². The van der Waals surface area contributed by atoms with Crippen LogP contribution in [0.1, 0.15) is 55.3 Å². The first-order valence-corrected chi connectivity index (χ1v) is 7.36. The minimum absolute atomic E-state index is 0.261. The smallest absolute Gasteiger partial charge is 0.0952 e. The van der Waals surface area contributed by atoms with Gasteiger partial charge < -0.3 is 10.1 Å². The maximum absolute atomic E-state index is 5.93. The molecule has 1 aromatic rings. The molecule has 0 spiro atoms. The summed E-state index contributed by atoms with van der Waals surface area (Å²) in [6.07, 6.45) is 7.18. The van der Waals surface area contributed by atoms with Crippen LogP contribution >= 0.6 is 0 Å². The van der Waals surface area contributed by atoms with Crippen molar-refractivity contribution in [2.45, 2.75) is 44.1 Å². The predicted octanol–water partition coefficient (Wildman–Crippen LogP) is 3.40. The SMILES string of the molecule is c1ccc(C2CNCCO2)c(C2CCCCC2)c1. The summed E-state index contributed by atoms with van der Waals surface area (Å²) in [7, 11) is 0. The van der Waals surface area contributed by atoms with E-state index in [4.69, 9.17) is 4.74 Å². The number of rotatable bonds is 2. The fourth-order valence-electron chi connectivity index (χ4n) is 3.35. The van der Waals surface area contributed by atoms with Gasteiger partial charge in [-0.15, -0.1) is 0 Å². The van der Waals surface area contributed by atoms with Gasteiger partial charge in [0.05, 0.1) is 12.7 Å². The molecule has 0 aromatic heterocycles. The van der Waals surface area contributed by atoms with E-state index in [1.54, 1.807) is 5.56 Å². The standard InChI is InChI=1S/C16H23NO/c1-2-6-13(7-3-1)14-8-4-5-9-15(14)16-12-17-10-11-18-16/h4-5,8-9,13,16-17H,1-3,6-7,10-12H2. The fraction of sp³-hybridized carbons (Fsp3) is 0.625. The Hall–Kier alpha value is -0.860. The fourth-order valence-corrected chi connectivity index (χ4v) is 3.35. The topological polar surface area (TPSA) is 21.3 Å². The van der Waals surface area contributed by atoms with E-state index < -0.39 is 0 Å². The third-order valence-electron chi connectivity index (χ3n) is 4.32. The lowest BCUT2D eigenvalue weighted by Crippen LogP contribution is -2.34. The van der Waals surface area contributed by atoms with Crippen molar-refractivity contribution in [1.29, 1.82) is 0 Å². The second kappa shape index (κ2) is 5.85. The molecule has 1 saturated heterocycles. The molecule has 2 fully saturated rings. The lowest BCUT2D eigenvalue weighted by atomic mass is 9.81. The van der Waals surface area contributed by atoms with Crippen molar-refractivity contribution in [3.8, 4) is 0 Å². The highest BCUT2D eigenvalue weighted by molar-refractivity contribution is 5.33. The van der Waals surface area contributed by atoms with Crippen LogP contribution in [0.15, 0.2) is 24.3 Å². The van der Waals surface area contributed by atoms with Crippen molar-refractivity contribution in [1.82, 2.24) is 5.32 Å². The van der Waals surface area contributed by atoms with Crippen LogP contribution in [0, 0.1) is 0 Å². The molecule has 1 unspecified atom stereocenters. The van der Waals surface area contributed by atoms with Gasteiger partial charge in [0.2, 0.25) is 0 Å². The van der Waals surface area contributed by atoms with E-state index in [9.17, 15) is 0 Å². The average molecular weight is 245 g/mol. The highest BCUT2D eigenvalue weighted by atomic mass is 16.5. The number of morpholine rings is 1. The molecule has 1 aliphatic carbocycles. The Kier molecular flexibility index (Phi) is 3.96. The van der Waals surface area contributed by atoms with Gasteiger partial charge in [0.15, 0.2) is 0 Å². The van der Waals surface area contributed by atoms with Gasteiger partial charge in [0, 0.05) is 13.1 Å². The number of ether oxygens (including phenoxy) is 1. The number of hydrogen-bond donors (Lipinski definition) is 1. The molecule has 1 atom stereocenters. The molecule has 1 aliphatic heterocycles. The first-order chi connectivity index (χ1) is 8.95. The molecule has 98 valence electrons. The molecule has 1 aromatic carbocycles. The summed E-state index contributed by atoms with van der Waals surface area (Å²) in [5.74, 6) is 0.764. The second-order valence-corrected chi connectivity index (χ2v) is 5.53. The van der Waals surface area contributed by atoms with E-state index >= 15 is 0 Å². The van der Waals surface area contributed by atoms with Crippen LogP contribution in [0.2, 0.25) is 0 Å². The lowest BCUT2D eigenvalue weighted by Gasteiger charge is -2.30. The van der Waals surface area contributed by atoms with Crippen molar-refractivity contribution in [2.75, 3.05) is 19.7 Å². The summed E-state index contributed by atoms with van der Waals surface area (Å²) >= 11 is 0. The van der Waals surface area contributed by atoms with Crippen molar-refractivity contribution in [3.63, 3.8) is 0 Å². The van der Waals surface area contributed by atoms with Crippen molar-refractivity contribution in [2.24, 2.45) is 0 Å². The molecule has 3 rings (SSSR count). The Labute approximate surface area is 110 Å². The van der Waals surface area contributed by atoms with Crippen LogP contribution in [0.4, 0.5) is 0 Å². The van der Waals surface area contributed by atoms with Gasteiger partial charge in [0.25, 0.3) is 0 Å². The van der Waals surface area contributed by atoms with E-state index in [-0.39, 0.29) is 6.10 Å².